The maximum atomic E-state index is 10.8. The van der Waals surface area contributed by atoms with E-state index in [-0.39, 0.29) is 30.8 Å². The Morgan fingerprint density at radius 3 is 1.64 bits per heavy atom. The Morgan fingerprint density at radius 2 is 1.25 bits per heavy atom. The Kier molecular flexibility index (Phi) is 11.2. The van der Waals surface area contributed by atoms with Gasteiger partial charge in [0, 0.05) is 28.1 Å². The molecular formula is C22H28O6. The Balaban J connectivity index is 0.000000280. The van der Waals surface area contributed by atoms with Crippen molar-refractivity contribution in [2.45, 2.75) is 26.1 Å². The standard InChI is InChI=1S/2C11H14O3/c1-9(12)14-8-11(13-2)10-6-4-3-5-7-10;1-9(12)14-11(8-13-2)10-6-4-3-5-7-10/h2*3-7,11H,8H2,1-2H3. The van der Waals surface area contributed by atoms with Crippen LogP contribution in [0.15, 0.2) is 60.7 Å². The fourth-order valence-electron chi connectivity index (χ4n) is 2.38. The van der Waals surface area contributed by atoms with Crippen molar-refractivity contribution in [1.82, 2.24) is 0 Å². The summed E-state index contributed by atoms with van der Waals surface area (Å²) in [5.41, 5.74) is 1.96. The summed E-state index contributed by atoms with van der Waals surface area (Å²) in [5, 5.41) is 0. The van der Waals surface area contributed by atoms with Gasteiger partial charge in [0.25, 0.3) is 0 Å². The van der Waals surface area contributed by atoms with Gasteiger partial charge >= 0.3 is 11.9 Å². The summed E-state index contributed by atoms with van der Waals surface area (Å²) in [5.74, 6) is -0.584. The number of benzene rings is 2. The number of esters is 2. The second-order valence-electron chi connectivity index (χ2n) is 5.90. The van der Waals surface area contributed by atoms with Crippen LogP contribution in [0.2, 0.25) is 0 Å². The van der Waals surface area contributed by atoms with E-state index in [2.05, 4.69) is 0 Å². The lowest BCUT2D eigenvalue weighted by Gasteiger charge is -2.16. The molecule has 0 fully saturated rings. The van der Waals surface area contributed by atoms with Crippen LogP contribution < -0.4 is 0 Å². The molecular weight excluding hydrogens is 360 g/mol. The lowest BCUT2D eigenvalue weighted by molar-refractivity contribution is -0.149. The van der Waals surface area contributed by atoms with Crippen LogP contribution in [0, 0.1) is 0 Å². The zero-order chi connectivity index (χ0) is 20.8. The molecule has 2 rings (SSSR count). The second kappa shape index (κ2) is 13.5. The van der Waals surface area contributed by atoms with Gasteiger partial charge in [0.2, 0.25) is 0 Å². The molecule has 0 saturated heterocycles. The predicted molar refractivity (Wildman–Crippen MR) is 106 cm³/mol. The first kappa shape index (κ1) is 23.3. The van der Waals surface area contributed by atoms with Crippen LogP contribution in [0.1, 0.15) is 37.2 Å². The van der Waals surface area contributed by atoms with Crippen LogP contribution in [0.3, 0.4) is 0 Å². The summed E-state index contributed by atoms with van der Waals surface area (Å²) >= 11 is 0. The predicted octanol–water partition coefficient (Wildman–Crippen LogP) is 3.87. The molecule has 2 atom stereocenters. The minimum atomic E-state index is -0.307. The van der Waals surface area contributed by atoms with E-state index >= 15 is 0 Å². The molecule has 6 heteroatoms. The first-order valence-corrected chi connectivity index (χ1v) is 8.90. The lowest BCUT2D eigenvalue weighted by atomic mass is 10.1. The highest BCUT2D eigenvalue weighted by Crippen LogP contribution is 2.17. The number of carbonyl (C=O) groups excluding carboxylic acids is 2. The van der Waals surface area contributed by atoms with Crippen LogP contribution in [-0.4, -0.2) is 39.4 Å². The van der Waals surface area contributed by atoms with Crippen molar-refractivity contribution < 1.29 is 28.5 Å². The van der Waals surface area contributed by atoms with E-state index in [1.165, 1.54) is 13.8 Å². The van der Waals surface area contributed by atoms with E-state index in [9.17, 15) is 9.59 Å². The molecule has 0 spiro atoms. The average molecular weight is 388 g/mol. The molecule has 152 valence electrons. The molecule has 0 aliphatic carbocycles. The fraction of sp³-hybridized carbons (Fsp3) is 0.364. The van der Waals surface area contributed by atoms with Gasteiger partial charge in [-0.05, 0) is 11.1 Å². The number of ether oxygens (including phenoxy) is 4. The molecule has 0 aliphatic rings. The van der Waals surface area contributed by atoms with Crippen molar-refractivity contribution in [3.8, 4) is 0 Å². The molecule has 28 heavy (non-hydrogen) atoms. The molecule has 0 aromatic heterocycles. The van der Waals surface area contributed by atoms with Gasteiger partial charge in [-0.3, -0.25) is 9.59 Å². The normalized spacial score (nSPS) is 12.1. The third-order valence-corrected chi connectivity index (χ3v) is 3.69. The van der Waals surface area contributed by atoms with Gasteiger partial charge in [-0.15, -0.1) is 0 Å². The SMILES string of the molecule is COC(COC(C)=O)c1ccccc1.COCC(OC(C)=O)c1ccccc1. The number of carbonyl (C=O) groups is 2. The minimum Gasteiger partial charge on any atom is -0.463 e. The average Bonchev–Trinajstić information content (AvgIpc) is 2.70. The summed E-state index contributed by atoms with van der Waals surface area (Å²) in [6.45, 7) is 3.42. The van der Waals surface area contributed by atoms with Gasteiger partial charge < -0.3 is 18.9 Å². The Hall–Kier alpha value is -2.70. The topological polar surface area (TPSA) is 71.1 Å². The maximum Gasteiger partial charge on any atom is 0.303 e. The zero-order valence-corrected chi connectivity index (χ0v) is 16.8. The smallest absolute Gasteiger partial charge is 0.303 e. The summed E-state index contributed by atoms with van der Waals surface area (Å²) in [6, 6.07) is 19.2. The molecule has 2 aromatic carbocycles. The van der Waals surface area contributed by atoms with Crippen LogP contribution in [0.5, 0.6) is 0 Å². The molecule has 0 saturated carbocycles. The first-order chi connectivity index (χ1) is 13.5. The summed E-state index contributed by atoms with van der Waals surface area (Å²) < 4.78 is 20.2. The van der Waals surface area contributed by atoms with Gasteiger partial charge in [-0.1, -0.05) is 60.7 Å². The summed E-state index contributed by atoms with van der Waals surface area (Å²) in [4.78, 5) is 21.4. The highest BCUT2D eigenvalue weighted by Gasteiger charge is 2.13. The van der Waals surface area contributed by atoms with E-state index in [4.69, 9.17) is 18.9 Å². The van der Waals surface area contributed by atoms with E-state index in [1.807, 2.05) is 60.7 Å². The Bertz CT molecular complexity index is 687. The summed E-state index contributed by atoms with van der Waals surface area (Å²) in [7, 11) is 3.18. The van der Waals surface area contributed by atoms with Gasteiger partial charge in [0.05, 0.1) is 6.61 Å². The largest absolute Gasteiger partial charge is 0.463 e. The molecule has 0 aliphatic heterocycles. The molecule has 2 unspecified atom stereocenters. The molecule has 6 nitrogen and oxygen atoms in total. The molecule has 0 radical (unpaired) electrons. The van der Waals surface area contributed by atoms with Gasteiger partial charge in [-0.25, -0.2) is 0 Å². The first-order valence-electron chi connectivity index (χ1n) is 8.90. The molecule has 0 N–H and O–H groups in total. The zero-order valence-electron chi connectivity index (χ0n) is 16.8. The number of hydrogen-bond acceptors (Lipinski definition) is 6. The molecule has 0 heterocycles. The maximum absolute atomic E-state index is 10.8. The van der Waals surface area contributed by atoms with Crippen molar-refractivity contribution in [3.05, 3.63) is 71.8 Å². The van der Waals surface area contributed by atoms with Crippen LogP contribution in [0.4, 0.5) is 0 Å². The quantitative estimate of drug-likeness (QED) is 0.639. The van der Waals surface area contributed by atoms with Crippen molar-refractivity contribution in [2.75, 3.05) is 27.4 Å². The highest BCUT2D eigenvalue weighted by atomic mass is 16.6. The van der Waals surface area contributed by atoms with E-state index in [0.717, 1.165) is 11.1 Å². The van der Waals surface area contributed by atoms with Crippen LogP contribution in [-0.2, 0) is 28.5 Å². The van der Waals surface area contributed by atoms with E-state index in [1.54, 1.807) is 14.2 Å². The van der Waals surface area contributed by atoms with Crippen LogP contribution in [0.25, 0.3) is 0 Å². The summed E-state index contributed by atoms with van der Waals surface area (Å²) in [6.07, 6.45) is -0.487. The van der Waals surface area contributed by atoms with E-state index < -0.39 is 0 Å². The molecule has 2 aromatic rings. The number of methoxy groups -OCH3 is 2. The van der Waals surface area contributed by atoms with Gasteiger partial charge in [0.15, 0.2) is 6.10 Å². The van der Waals surface area contributed by atoms with Crippen LogP contribution >= 0.6 is 0 Å². The Labute approximate surface area is 166 Å². The lowest BCUT2D eigenvalue weighted by Crippen LogP contribution is -2.13. The third kappa shape index (κ3) is 9.30. The highest BCUT2D eigenvalue weighted by molar-refractivity contribution is 5.66. The minimum absolute atomic E-state index is 0.180. The second-order valence-corrected chi connectivity index (χ2v) is 5.90. The molecule has 0 amide bonds. The monoisotopic (exact) mass is 388 g/mol. The van der Waals surface area contributed by atoms with Crippen molar-refractivity contribution in [1.29, 1.82) is 0 Å². The van der Waals surface area contributed by atoms with Crippen molar-refractivity contribution >= 4 is 11.9 Å². The van der Waals surface area contributed by atoms with Gasteiger partial charge in [0.1, 0.15) is 12.7 Å². The van der Waals surface area contributed by atoms with Crippen molar-refractivity contribution in [2.24, 2.45) is 0 Å². The number of rotatable bonds is 8. The van der Waals surface area contributed by atoms with Gasteiger partial charge in [-0.2, -0.15) is 0 Å². The number of hydrogen-bond donors (Lipinski definition) is 0. The Morgan fingerprint density at radius 1 is 0.750 bits per heavy atom. The molecule has 0 bridgehead atoms. The van der Waals surface area contributed by atoms with Crippen molar-refractivity contribution in [3.63, 3.8) is 0 Å². The van der Waals surface area contributed by atoms with E-state index in [0.29, 0.717) is 6.61 Å². The third-order valence-electron chi connectivity index (χ3n) is 3.69. The fourth-order valence-corrected chi connectivity index (χ4v) is 2.38.